The summed E-state index contributed by atoms with van der Waals surface area (Å²) in [5.74, 6) is -0.114. The van der Waals surface area contributed by atoms with Crippen molar-refractivity contribution in [2.24, 2.45) is 0 Å². The third kappa shape index (κ3) is 3.97. The third-order valence-electron chi connectivity index (χ3n) is 4.47. The van der Waals surface area contributed by atoms with Crippen molar-refractivity contribution in [2.45, 2.75) is 44.7 Å². The van der Waals surface area contributed by atoms with E-state index in [-0.39, 0.29) is 17.8 Å². The molecule has 2 heterocycles. The summed E-state index contributed by atoms with van der Waals surface area (Å²) in [7, 11) is 0. The molecule has 4 nitrogen and oxygen atoms in total. The number of aromatic nitrogens is 2. The van der Waals surface area contributed by atoms with Gasteiger partial charge in [0, 0.05) is 25.4 Å². The van der Waals surface area contributed by atoms with E-state index in [0.29, 0.717) is 18.4 Å². The molecular formula is C18H22FN3O. The van der Waals surface area contributed by atoms with Crippen molar-refractivity contribution in [1.82, 2.24) is 14.7 Å². The maximum absolute atomic E-state index is 13.7. The molecule has 1 atom stereocenters. The van der Waals surface area contributed by atoms with Gasteiger partial charge in [-0.05, 0) is 43.4 Å². The lowest BCUT2D eigenvalue weighted by Gasteiger charge is -2.36. The second-order valence-electron chi connectivity index (χ2n) is 6.06. The lowest BCUT2D eigenvalue weighted by molar-refractivity contribution is -0.135. The average Bonchev–Trinajstić information content (AvgIpc) is 3.07. The van der Waals surface area contributed by atoms with Gasteiger partial charge in [0.2, 0.25) is 5.91 Å². The standard InChI is InChI=1S/C18H22FN3O/c19-17-8-2-1-6-15(17)9-10-18(23)22-13-4-3-7-16(22)14-21-12-5-11-20-21/h1-2,5-6,8,11-12,16H,3-4,7,9-10,13-14H2/t16-/m0/s1. The van der Waals surface area contributed by atoms with E-state index in [9.17, 15) is 9.18 Å². The van der Waals surface area contributed by atoms with Crippen LogP contribution in [0, 0.1) is 5.82 Å². The highest BCUT2D eigenvalue weighted by Crippen LogP contribution is 2.20. The molecule has 3 rings (SSSR count). The summed E-state index contributed by atoms with van der Waals surface area (Å²) in [5.41, 5.74) is 0.612. The molecule has 1 aliphatic rings. The molecule has 0 bridgehead atoms. The molecule has 122 valence electrons. The van der Waals surface area contributed by atoms with Gasteiger partial charge in [-0.15, -0.1) is 0 Å². The molecule has 1 aliphatic heterocycles. The highest BCUT2D eigenvalue weighted by molar-refractivity contribution is 5.77. The molecule has 0 aliphatic carbocycles. The van der Waals surface area contributed by atoms with Crippen LogP contribution in [0.3, 0.4) is 0 Å². The number of nitrogens with zero attached hydrogens (tertiary/aromatic N) is 3. The molecule has 0 unspecified atom stereocenters. The van der Waals surface area contributed by atoms with E-state index >= 15 is 0 Å². The van der Waals surface area contributed by atoms with E-state index in [0.717, 1.165) is 32.4 Å². The van der Waals surface area contributed by atoms with Gasteiger partial charge in [0.25, 0.3) is 0 Å². The fourth-order valence-electron chi connectivity index (χ4n) is 3.23. The molecule has 0 radical (unpaired) electrons. The number of rotatable bonds is 5. The minimum absolute atomic E-state index is 0.116. The van der Waals surface area contributed by atoms with Crippen LogP contribution in [0.25, 0.3) is 0 Å². The van der Waals surface area contributed by atoms with Gasteiger partial charge in [0.15, 0.2) is 0 Å². The maximum atomic E-state index is 13.7. The Morgan fingerprint density at radius 2 is 2.13 bits per heavy atom. The van der Waals surface area contributed by atoms with Crippen LogP contribution in [-0.2, 0) is 17.8 Å². The van der Waals surface area contributed by atoms with E-state index in [4.69, 9.17) is 0 Å². The summed E-state index contributed by atoms with van der Waals surface area (Å²) in [6.07, 6.45) is 7.69. The molecule has 0 N–H and O–H groups in total. The van der Waals surface area contributed by atoms with Gasteiger partial charge in [-0.25, -0.2) is 4.39 Å². The summed E-state index contributed by atoms with van der Waals surface area (Å²) in [6, 6.07) is 8.76. The number of hydrogen-bond acceptors (Lipinski definition) is 2. The topological polar surface area (TPSA) is 38.1 Å². The first-order valence-corrected chi connectivity index (χ1v) is 8.24. The number of benzene rings is 1. The second-order valence-corrected chi connectivity index (χ2v) is 6.06. The Bertz CT molecular complexity index is 641. The van der Waals surface area contributed by atoms with Gasteiger partial charge < -0.3 is 4.90 Å². The van der Waals surface area contributed by atoms with E-state index < -0.39 is 0 Å². The average molecular weight is 315 g/mol. The van der Waals surface area contributed by atoms with Gasteiger partial charge in [-0.2, -0.15) is 5.10 Å². The highest BCUT2D eigenvalue weighted by atomic mass is 19.1. The first-order valence-electron chi connectivity index (χ1n) is 8.24. The van der Waals surface area contributed by atoms with Crippen LogP contribution in [0.4, 0.5) is 4.39 Å². The number of amides is 1. The quantitative estimate of drug-likeness (QED) is 0.850. The normalized spacial score (nSPS) is 18.1. The number of halogens is 1. The maximum Gasteiger partial charge on any atom is 0.223 e. The van der Waals surface area contributed by atoms with Crippen LogP contribution < -0.4 is 0 Å². The number of carbonyl (C=O) groups excluding carboxylic acids is 1. The molecule has 5 heteroatoms. The lowest BCUT2D eigenvalue weighted by atomic mass is 10.0. The monoisotopic (exact) mass is 315 g/mol. The lowest BCUT2D eigenvalue weighted by Crippen LogP contribution is -2.46. The Morgan fingerprint density at radius 3 is 2.91 bits per heavy atom. The molecule has 2 aromatic rings. The number of likely N-dealkylation sites (tertiary alicyclic amines) is 1. The van der Waals surface area contributed by atoms with E-state index in [1.807, 2.05) is 27.9 Å². The van der Waals surface area contributed by atoms with Gasteiger partial charge >= 0.3 is 0 Å². The molecular weight excluding hydrogens is 293 g/mol. The van der Waals surface area contributed by atoms with Crippen molar-refractivity contribution >= 4 is 5.91 Å². The predicted molar refractivity (Wildman–Crippen MR) is 86.3 cm³/mol. The van der Waals surface area contributed by atoms with E-state index in [2.05, 4.69) is 5.10 Å². The Balaban J connectivity index is 1.61. The molecule has 1 aromatic heterocycles. The zero-order valence-corrected chi connectivity index (χ0v) is 13.2. The fourth-order valence-corrected chi connectivity index (χ4v) is 3.23. The summed E-state index contributed by atoms with van der Waals surface area (Å²) >= 11 is 0. The minimum Gasteiger partial charge on any atom is -0.338 e. The fraction of sp³-hybridized carbons (Fsp3) is 0.444. The van der Waals surface area contributed by atoms with Gasteiger partial charge in [0.1, 0.15) is 5.82 Å². The van der Waals surface area contributed by atoms with Crippen LogP contribution in [-0.4, -0.2) is 33.2 Å². The predicted octanol–water partition coefficient (Wildman–Crippen LogP) is 3.04. The number of aryl methyl sites for hydroxylation is 1. The van der Waals surface area contributed by atoms with Crippen molar-refractivity contribution in [3.8, 4) is 0 Å². The molecule has 0 spiro atoms. The molecule has 0 saturated carbocycles. The SMILES string of the molecule is O=C(CCc1ccccc1F)N1CCCC[C@H]1Cn1cccn1. The third-order valence-corrected chi connectivity index (χ3v) is 4.47. The second kappa shape index (κ2) is 7.40. The summed E-state index contributed by atoms with van der Waals surface area (Å²) < 4.78 is 15.6. The van der Waals surface area contributed by atoms with Crippen molar-refractivity contribution < 1.29 is 9.18 Å². The zero-order chi connectivity index (χ0) is 16.1. The van der Waals surface area contributed by atoms with Gasteiger partial charge in [-0.3, -0.25) is 9.48 Å². The van der Waals surface area contributed by atoms with Crippen molar-refractivity contribution in [3.63, 3.8) is 0 Å². The largest absolute Gasteiger partial charge is 0.338 e. The first-order chi connectivity index (χ1) is 11.2. The summed E-state index contributed by atoms with van der Waals surface area (Å²) in [5, 5.41) is 4.24. The molecule has 23 heavy (non-hydrogen) atoms. The van der Waals surface area contributed by atoms with Crippen molar-refractivity contribution in [2.75, 3.05) is 6.54 Å². The summed E-state index contributed by atoms with van der Waals surface area (Å²) in [4.78, 5) is 14.6. The van der Waals surface area contributed by atoms with Crippen molar-refractivity contribution in [1.29, 1.82) is 0 Å². The zero-order valence-electron chi connectivity index (χ0n) is 13.2. The van der Waals surface area contributed by atoms with E-state index in [1.165, 1.54) is 6.07 Å². The first kappa shape index (κ1) is 15.7. The molecule has 1 saturated heterocycles. The molecule has 1 amide bonds. The Kier molecular flexibility index (Phi) is 5.05. The Hall–Kier alpha value is -2.17. The van der Waals surface area contributed by atoms with E-state index in [1.54, 1.807) is 18.3 Å². The van der Waals surface area contributed by atoms with Crippen LogP contribution in [0.15, 0.2) is 42.7 Å². The number of carbonyl (C=O) groups is 1. The molecule has 1 fully saturated rings. The molecule has 1 aromatic carbocycles. The summed E-state index contributed by atoms with van der Waals surface area (Å²) in [6.45, 7) is 1.53. The Labute approximate surface area is 135 Å². The highest BCUT2D eigenvalue weighted by Gasteiger charge is 2.26. The number of hydrogen-bond donors (Lipinski definition) is 0. The Morgan fingerprint density at radius 1 is 1.26 bits per heavy atom. The smallest absolute Gasteiger partial charge is 0.223 e. The van der Waals surface area contributed by atoms with Crippen LogP contribution >= 0.6 is 0 Å². The minimum atomic E-state index is -0.230. The van der Waals surface area contributed by atoms with Gasteiger partial charge in [-0.1, -0.05) is 18.2 Å². The van der Waals surface area contributed by atoms with Gasteiger partial charge in [0.05, 0.1) is 12.6 Å². The van der Waals surface area contributed by atoms with Crippen LogP contribution in [0.5, 0.6) is 0 Å². The van der Waals surface area contributed by atoms with Crippen LogP contribution in [0.2, 0.25) is 0 Å². The van der Waals surface area contributed by atoms with Crippen molar-refractivity contribution in [3.05, 3.63) is 54.1 Å². The van der Waals surface area contributed by atoms with Crippen LogP contribution in [0.1, 0.15) is 31.2 Å². The number of piperidine rings is 1.